The van der Waals surface area contributed by atoms with Crippen LogP contribution < -0.4 is 10.3 Å². The van der Waals surface area contributed by atoms with Crippen LogP contribution in [0.1, 0.15) is 22.8 Å². The minimum atomic E-state index is -1.12. The number of aromatic amines is 1. The van der Waals surface area contributed by atoms with Crippen molar-refractivity contribution in [3.63, 3.8) is 0 Å². The van der Waals surface area contributed by atoms with E-state index >= 15 is 0 Å². The summed E-state index contributed by atoms with van der Waals surface area (Å²) >= 11 is 0. The van der Waals surface area contributed by atoms with Crippen molar-refractivity contribution in [1.29, 1.82) is 0 Å². The Hall–Kier alpha value is -2.30. The van der Waals surface area contributed by atoms with E-state index < -0.39 is 5.97 Å². The molecule has 5 heteroatoms. The first kappa shape index (κ1) is 12.2. The van der Waals surface area contributed by atoms with Gasteiger partial charge in [-0.3, -0.25) is 4.79 Å². The lowest BCUT2D eigenvalue weighted by molar-refractivity contribution is 0.0695. The van der Waals surface area contributed by atoms with Crippen LogP contribution in [0.2, 0.25) is 0 Å². The van der Waals surface area contributed by atoms with Gasteiger partial charge in [-0.1, -0.05) is 6.92 Å². The molecule has 0 amide bonds. The first-order valence-electron chi connectivity index (χ1n) is 5.54. The van der Waals surface area contributed by atoms with Crippen molar-refractivity contribution in [2.24, 2.45) is 0 Å². The van der Waals surface area contributed by atoms with Crippen LogP contribution in [0.25, 0.3) is 10.9 Å². The third kappa shape index (κ3) is 1.84. The number of aromatic nitrogens is 1. The average Bonchev–Trinajstić information content (AvgIpc) is 2.35. The van der Waals surface area contributed by atoms with Gasteiger partial charge >= 0.3 is 5.97 Å². The third-order valence-corrected chi connectivity index (χ3v) is 2.88. The molecule has 0 spiro atoms. The van der Waals surface area contributed by atoms with Crippen LogP contribution in [0.15, 0.2) is 23.0 Å². The molecule has 0 saturated carbocycles. The maximum atomic E-state index is 11.5. The fourth-order valence-electron chi connectivity index (χ4n) is 2.05. The first-order valence-corrected chi connectivity index (χ1v) is 5.54. The number of benzene rings is 1. The second-order valence-corrected chi connectivity index (χ2v) is 3.88. The van der Waals surface area contributed by atoms with E-state index in [9.17, 15) is 14.7 Å². The molecule has 2 aromatic rings. The van der Waals surface area contributed by atoms with E-state index in [1.54, 1.807) is 12.1 Å². The summed E-state index contributed by atoms with van der Waals surface area (Å²) in [5.41, 5.74) is 0.808. The summed E-state index contributed by atoms with van der Waals surface area (Å²) in [6, 6.07) is 4.85. The van der Waals surface area contributed by atoms with Crippen LogP contribution >= 0.6 is 0 Å². The topological polar surface area (TPSA) is 79.4 Å². The second-order valence-electron chi connectivity index (χ2n) is 3.88. The lowest BCUT2D eigenvalue weighted by Crippen LogP contribution is -2.11. The number of aromatic carboxylic acids is 1. The Labute approximate surface area is 103 Å². The number of pyridine rings is 1. The van der Waals surface area contributed by atoms with Crippen LogP contribution in [-0.2, 0) is 6.42 Å². The minimum absolute atomic E-state index is 0.0117. The maximum absolute atomic E-state index is 11.5. The van der Waals surface area contributed by atoms with Gasteiger partial charge in [0.25, 0.3) is 0 Å². The molecule has 1 aromatic carbocycles. The molecular formula is C13H13NO4. The number of H-pyrrole nitrogens is 1. The fraction of sp³-hybridized carbons (Fsp3) is 0.231. The van der Waals surface area contributed by atoms with Crippen LogP contribution in [0.5, 0.6) is 5.75 Å². The Bertz CT molecular complexity index is 672. The second kappa shape index (κ2) is 4.52. The van der Waals surface area contributed by atoms with Crippen molar-refractivity contribution < 1.29 is 14.6 Å². The minimum Gasteiger partial charge on any atom is -0.496 e. The Morgan fingerprint density at radius 2 is 2.17 bits per heavy atom. The summed E-state index contributed by atoms with van der Waals surface area (Å²) in [4.78, 5) is 25.4. The lowest BCUT2D eigenvalue weighted by atomic mass is 10.0. The standard InChI is InChI=1S/C13H13NO4/c1-3-7-6-10(15)14-12-8(7)4-5-9(18-2)11(12)13(16)17/h4-6H,3H2,1-2H3,(H,14,15)(H,16,17). The number of hydrogen-bond donors (Lipinski definition) is 2. The van der Waals surface area contributed by atoms with Crippen molar-refractivity contribution in [2.45, 2.75) is 13.3 Å². The van der Waals surface area contributed by atoms with Gasteiger partial charge < -0.3 is 14.8 Å². The quantitative estimate of drug-likeness (QED) is 0.866. The normalized spacial score (nSPS) is 10.6. The molecular weight excluding hydrogens is 234 g/mol. The molecule has 2 rings (SSSR count). The summed E-state index contributed by atoms with van der Waals surface area (Å²) in [6.07, 6.45) is 0.659. The van der Waals surface area contributed by atoms with Gasteiger partial charge in [0.1, 0.15) is 11.3 Å². The highest BCUT2D eigenvalue weighted by Crippen LogP contribution is 2.27. The number of rotatable bonds is 3. The number of nitrogens with one attached hydrogen (secondary N) is 1. The van der Waals surface area contributed by atoms with Crippen LogP contribution in [0.4, 0.5) is 0 Å². The van der Waals surface area contributed by atoms with E-state index in [0.29, 0.717) is 11.9 Å². The van der Waals surface area contributed by atoms with Crippen molar-refractivity contribution in [3.8, 4) is 5.75 Å². The van der Waals surface area contributed by atoms with Gasteiger partial charge in [-0.2, -0.15) is 0 Å². The molecule has 2 N–H and O–H groups in total. The zero-order valence-corrected chi connectivity index (χ0v) is 10.1. The number of aryl methyl sites for hydroxylation is 1. The van der Waals surface area contributed by atoms with Gasteiger partial charge in [0.15, 0.2) is 0 Å². The highest BCUT2D eigenvalue weighted by atomic mass is 16.5. The highest BCUT2D eigenvalue weighted by molar-refractivity contribution is 6.05. The van der Waals surface area contributed by atoms with Gasteiger partial charge in [0.05, 0.1) is 12.6 Å². The molecule has 0 aliphatic carbocycles. The molecule has 5 nitrogen and oxygen atoms in total. The number of methoxy groups -OCH3 is 1. The first-order chi connectivity index (χ1) is 8.58. The molecule has 1 aromatic heterocycles. The molecule has 0 aliphatic heterocycles. The van der Waals surface area contributed by atoms with Gasteiger partial charge in [0, 0.05) is 11.5 Å². The summed E-state index contributed by atoms with van der Waals surface area (Å²) < 4.78 is 5.03. The number of ether oxygens (including phenoxy) is 1. The Morgan fingerprint density at radius 1 is 1.44 bits per heavy atom. The molecule has 0 radical (unpaired) electrons. The molecule has 18 heavy (non-hydrogen) atoms. The van der Waals surface area contributed by atoms with Crippen LogP contribution in [0.3, 0.4) is 0 Å². The Balaban J connectivity index is 2.96. The number of carbonyl (C=O) groups is 1. The molecule has 0 fully saturated rings. The SMILES string of the molecule is CCc1cc(=O)[nH]c2c(C(=O)O)c(OC)ccc12. The van der Waals surface area contributed by atoms with Gasteiger partial charge in [0.2, 0.25) is 5.56 Å². The smallest absolute Gasteiger partial charge is 0.341 e. The van der Waals surface area contributed by atoms with Gasteiger partial charge in [-0.25, -0.2) is 4.79 Å². The maximum Gasteiger partial charge on any atom is 0.341 e. The van der Waals surface area contributed by atoms with E-state index in [0.717, 1.165) is 10.9 Å². The van der Waals surface area contributed by atoms with E-state index in [1.165, 1.54) is 13.2 Å². The number of carboxylic acids is 1. The molecule has 0 bridgehead atoms. The zero-order valence-electron chi connectivity index (χ0n) is 10.1. The number of carboxylic acid groups (broad SMARTS) is 1. The number of hydrogen-bond acceptors (Lipinski definition) is 3. The van der Waals surface area contributed by atoms with Crippen molar-refractivity contribution in [2.75, 3.05) is 7.11 Å². The predicted molar refractivity (Wildman–Crippen MR) is 67.5 cm³/mol. The fourth-order valence-corrected chi connectivity index (χ4v) is 2.05. The highest BCUT2D eigenvalue weighted by Gasteiger charge is 2.17. The van der Waals surface area contributed by atoms with Crippen LogP contribution in [-0.4, -0.2) is 23.2 Å². The van der Waals surface area contributed by atoms with Crippen molar-refractivity contribution >= 4 is 16.9 Å². The molecule has 0 unspecified atom stereocenters. The van der Waals surface area contributed by atoms with Crippen LogP contribution in [0, 0.1) is 0 Å². The molecule has 94 valence electrons. The Kier molecular flexibility index (Phi) is 3.06. The lowest BCUT2D eigenvalue weighted by Gasteiger charge is -2.10. The summed E-state index contributed by atoms with van der Waals surface area (Å²) in [7, 11) is 1.40. The molecule has 0 saturated heterocycles. The molecule has 1 heterocycles. The Morgan fingerprint density at radius 3 is 2.72 bits per heavy atom. The molecule has 0 aliphatic rings. The monoisotopic (exact) mass is 247 g/mol. The van der Waals surface area contributed by atoms with Crippen molar-refractivity contribution in [1.82, 2.24) is 4.98 Å². The summed E-state index contributed by atoms with van der Waals surface area (Å²) in [5.74, 6) is -0.889. The number of fused-ring (bicyclic) bond motifs is 1. The van der Waals surface area contributed by atoms with E-state index in [1.807, 2.05) is 6.92 Å². The van der Waals surface area contributed by atoms with Crippen molar-refractivity contribution in [3.05, 3.63) is 39.7 Å². The largest absolute Gasteiger partial charge is 0.496 e. The zero-order chi connectivity index (χ0) is 13.3. The summed E-state index contributed by atoms with van der Waals surface area (Å²) in [5, 5.41) is 9.98. The summed E-state index contributed by atoms with van der Waals surface area (Å²) in [6.45, 7) is 1.92. The van der Waals surface area contributed by atoms with E-state index in [2.05, 4.69) is 4.98 Å². The molecule has 0 atom stereocenters. The predicted octanol–water partition coefficient (Wildman–Crippen LogP) is 1.80. The van der Waals surface area contributed by atoms with E-state index in [-0.39, 0.29) is 16.9 Å². The third-order valence-electron chi connectivity index (χ3n) is 2.88. The van der Waals surface area contributed by atoms with E-state index in [4.69, 9.17) is 4.74 Å². The average molecular weight is 247 g/mol. The van der Waals surface area contributed by atoms with Gasteiger partial charge in [-0.15, -0.1) is 0 Å². The van der Waals surface area contributed by atoms with Gasteiger partial charge in [-0.05, 0) is 24.1 Å².